The van der Waals surface area contributed by atoms with Crippen molar-refractivity contribution in [3.05, 3.63) is 71.5 Å². The number of halogens is 1. The zero-order valence-corrected chi connectivity index (χ0v) is 11.0. The van der Waals surface area contributed by atoms with E-state index in [1.54, 1.807) is 13.2 Å². The van der Waals surface area contributed by atoms with Gasteiger partial charge in [0, 0.05) is 10.9 Å². The Morgan fingerprint density at radius 1 is 1.35 bits per heavy atom. The van der Waals surface area contributed by atoms with Gasteiger partial charge < -0.3 is 4.74 Å². The van der Waals surface area contributed by atoms with E-state index < -0.39 is 0 Å². The molecule has 0 aliphatic rings. The van der Waals surface area contributed by atoms with Crippen LogP contribution in [0.1, 0.15) is 18.4 Å². The molecule has 90 valence electrons. The summed E-state index contributed by atoms with van der Waals surface area (Å²) < 4.78 is 5.14. The van der Waals surface area contributed by atoms with Crippen molar-refractivity contribution in [3.63, 3.8) is 0 Å². The Balaban J connectivity index is 2.86. The molecule has 0 spiro atoms. The van der Waals surface area contributed by atoms with Gasteiger partial charge in [-0.3, -0.25) is 0 Å². The molecule has 17 heavy (non-hydrogen) atoms. The fourth-order valence-corrected chi connectivity index (χ4v) is 1.60. The molecule has 0 N–H and O–H groups in total. The van der Waals surface area contributed by atoms with Crippen LogP contribution in [0.25, 0.3) is 0 Å². The van der Waals surface area contributed by atoms with Crippen molar-refractivity contribution in [2.45, 2.75) is 12.8 Å². The van der Waals surface area contributed by atoms with Gasteiger partial charge in [0.05, 0.1) is 7.11 Å². The quantitative estimate of drug-likeness (QED) is 0.541. The lowest BCUT2D eigenvalue weighted by Crippen LogP contribution is -1.96. The van der Waals surface area contributed by atoms with Crippen LogP contribution in [-0.4, -0.2) is 7.11 Å². The molecule has 1 atom stereocenters. The third-order valence-corrected chi connectivity index (χ3v) is 2.94. The lowest BCUT2D eigenvalue weighted by molar-refractivity contribution is 0.306. The molecule has 1 aromatic carbocycles. The summed E-state index contributed by atoms with van der Waals surface area (Å²) in [4.78, 5) is 0. The van der Waals surface area contributed by atoms with Crippen LogP contribution in [-0.2, 0) is 4.74 Å². The first-order valence-corrected chi connectivity index (χ1v) is 5.78. The van der Waals surface area contributed by atoms with Crippen LogP contribution >= 0.6 is 11.6 Å². The SMILES string of the molecule is C=CC(=CC(=C)C(C)c1ccc(Cl)cc1)OC. The summed E-state index contributed by atoms with van der Waals surface area (Å²) in [6, 6.07) is 7.78. The second-order valence-electron chi connectivity index (χ2n) is 3.80. The highest BCUT2D eigenvalue weighted by Gasteiger charge is 2.08. The highest BCUT2D eigenvalue weighted by molar-refractivity contribution is 6.30. The summed E-state index contributed by atoms with van der Waals surface area (Å²) in [5.74, 6) is 0.938. The molecule has 0 aliphatic carbocycles. The number of ether oxygens (including phenoxy) is 1. The van der Waals surface area contributed by atoms with Gasteiger partial charge in [0.25, 0.3) is 0 Å². The van der Waals surface area contributed by atoms with Gasteiger partial charge in [-0.15, -0.1) is 0 Å². The molecule has 0 bridgehead atoms. The summed E-state index contributed by atoms with van der Waals surface area (Å²) in [6.07, 6.45) is 3.56. The topological polar surface area (TPSA) is 9.23 Å². The van der Waals surface area contributed by atoms with Crippen LogP contribution in [0.5, 0.6) is 0 Å². The minimum absolute atomic E-state index is 0.220. The number of rotatable bonds is 5. The van der Waals surface area contributed by atoms with E-state index >= 15 is 0 Å². The smallest absolute Gasteiger partial charge is 0.118 e. The van der Waals surface area contributed by atoms with E-state index in [2.05, 4.69) is 20.1 Å². The maximum absolute atomic E-state index is 5.86. The van der Waals surface area contributed by atoms with Gasteiger partial charge in [-0.2, -0.15) is 0 Å². The van der Waals surface area contributed by atoms with E-state index in [1.165, 1.54) is 5.56 Å². The molecular formula is C15H17ClO. The van der Waals surface area contributed by atoms with E-state index in [1.807, 2.05) is 30.3 Å². The van der Waals surface area contributed by atoms with Crippen molar-refractivity contribution in [1.82, 2.24) is 0 Å². The Morgan fingerprint density at radius 3 is 2.41 bits per heavy atom. The number of allylic oxidation sites excluding steroid dienone is 3. The van der Waals surface area contributed by atoms with Crippen molar-refractivity contribution < 1.29 is 4.74 Å². The molecule has 0 aromatic heterocycles. The Hall–Kier alpha value is -1.47. The van der Waals surface area contributed by atoms with Crippen LogP contribution in [0.4, 0.5) is 0 Å². The minimum Gasteiger partial charge on any atom is -0.497 e. The first-order valence-electron chi connectivity index (χ1n) is 5.41. The molecule has 0 aliphatic heterocycles. The highest BCUT2D eigenvalue weighted by Crippen LogP contribution is 2.25. The Bertz CT molecular complexity index is 429. The van der Waals surface area contributed by atoms with Gasteiger partial charge in [0.2, 0.25) is 0 Å². The van der Waals surface area contributed by atoms with Crippen LogP contribution in [0.15, 0.2) is 60.9 Å². The van der Waals surface area contributed by atoms with Crippen LogP contribution in [0.2, 0.25) is 5.02 Å². The second kappa shape index (κ2) is 6.31. The number of hydrogen-bond acceptors (Lipinski definition) is 1. The van der Waals surface area contributed by atoms with Crippen molar-refractivity contribution >= 4 is 11.6 Å². The molecule has 2 heteroatoms. The molecule has 0 radical (unpaired) electrons. The summed E-state index contributed by atoms with van der Waals surface area (Å²) in [7, 11) is 1.62. The molecule has 0 saturated carbocycles. The predicted octanol–water partition coefficient (Wildman–Crippen LogP) is 4.72. The minimum atomic E-state index is 0.220. The van der Waals surface area contributed by atoms with Crippen LogP contribution in [0, 0.1) is 0 Å². The molecule has 1 aromatic rings. The van der Waals surface area contributed by atoms with Crippen LogP contribution in [0.3, 0.4) is 0 Å². The van der Waals surface area contributed by atoms with Crippen molar-refractivity contribution in [1.29, 1.82) is 0 Å². The van der Waals surface area contributed by atoms with Gasteiger partial charge >= 0.3 is 0 Å². The van der Waals surface area contributed by atoms with E-state index in [4.69, 9.17) is 16.3 Å². The summed E-state index contributed by atoms with van der Waals surface area (Å²) in [5, 5.41) is 0.741. The van der Waals surface area contributed by atoms with E-state index in [0.29, 0.717) is 0 Å². The fourth-order valence-electron chi connectivity index (χ4n) is 1.47. The molecular weight excluding hydrogens is 232 g/mol. The molecule has 1 rings (SSSR count). The van der Waals surface area contributed by atoms with Gasteiger partial charge in [-0.1, -0.05) is 43.8 Å². The third kappa shape index (κ3) is 3.79. The lowest BCUT2D eigenvalue weighted by atomic mass is 9.93. The number of methoxy groups -OCH3 is 1. The third-order valence-electron chi connectivity index (χ3n) is 2.69. The number of hydrogen-bond donors (Lipinski definition) is 0. The maximum atomic E-state index is 5.86. The summed E-state index contributed by atoms with van der Waals surface area (Å²) in [5.41, 5.74) is 2.15. The van der Waals surface area contributed by atoms with Crippen molar-refractivity contribution in [2.75, 3.05) is 7.11 Å². The first-order chi connectivity index (χ1) is 8.08. The molecule has 1 nitrogen and oxygen atoms in total. The standard InChI is InChI=1S/C15H17ClO/c1-5-15(17-4)10-11(2)12(3)13-6-8-14(16)9-7-13/h5-10,12H,1-2H2,3-4H3. The molecule has 0 fully saturated rings. The lowest BCUT2D eigenvalue weighted by Gasteiger charge is -2.13. The largest absolute Gasteiger partial charge is 0.497 e. The van der Waals surface area contributed by atoms with Gasteiger partial charge in [0.15, 0.2) is 0 Å². The molecule has 0 heterocycles. The van der Waals surface area contributed by atoms with E-state index in [-0.39, 0.29) is 5.92 Å². The Morgan fingerprint density at radius 2 is 1.94 bits per heavy atom. The Kier molecular flexibility index (Phi) is 5.05. The van der Waals surface area contributed by atoms with E-state index in [0.717, 1.165) is 16.4 Å². The zero-order chi connectivity index (χ0) is 12.8. The normalized spacial score (nSPS) is 13.0. The van der Waals surface area contributed by atoms with Gasteiger partial charge in [-0.05, 0) is 35.4 Å². The number of benzene rings is 1. The molecule has 1 unspecified atom stereocenters. The molecule has 0 saturated heterocycles. The highest BCUT2D eigenvalue weighted by atomic mass is 35.5. The van der Waals surface area contributed by atoms with E-state index in [9.17, 15) is 0 Å². The fraction of sp³-hybridized carbons (Fsp3) is 0.200. The summed E-state index contributed by atoms with van der Waals surface area (Å²) >= 11 is 5.86. The van der Waals surface area contributed by atoms with Gasteiger partial charge in [-0.25, -0.2) is 0 Å². The summed E-state index contributed by atoms with van der Waals surface area (Å²) in [6.45, 7) is 9.82. The van der Waals surface area contributed by atoms with Crippen molar-refractivity contribution in [3.8, 4) is 0 Å². The monoisotopic (exact) mass is 248 g/mol. The predicted molar refractivity (Wildman–Crippen MR) is 74.3 cm³/mol. The average Bonchev–Trinajstić information content (AvgIpc) is 2.35. The second-order valence-corrected chi connectivity index (χ2v) is 4.24. The zero-order valence-electron chi connectivity index (χ0n) is 10.2. The van der Waals surface area contributed by atoms with Crippen LogP contribution < -0.4 is 0 Å². The van der Waals surface area contributed by atoms with Gasteiger partial charge in [0.1, 0.15) is 5.76 Å². The molecule has 0 amide bonds. The Labute approximate surface area is 108 Å². The first kappa shape index (κ1) is 13.6. The maximum Gasteiger partial charge on any atom is 0.118 e. The average molecular weight is 249 g/mol. The van der Waals surface area contributed by atoms with Crippen molar-refractivity contribution in [2.24, 2.45) is 0 Å².